The number of fused-ring (bicyclic) bond motifs is 1. The Hall–Kier alpha value is -3.92. The minimum Gasteiger partial charge on any atom is -0.360 e. The molecule has 0 unspecified atom stereocenters. The molecule has 1 aliphatic heterocycles. The highest BCUT2D eigenvalue weighted by atomic mass is 16.5. The van der Waals surface area contributed by atoms with E-state index in [1.165, 1.54) is 4.90 Å². The molecule has 0 saturated carbocycles. The van der Waals surface area contributed by atoms with Crippen molar-refractivity contribution in [3.63, 3.8) is 0 Å². The molecule has 30 heavy (non-hydrogen) atoms. The Morgan fingerprint density at radius 2 is 2.10 bits per heavy atom. The third kappa shape index (κ3) is 3.80. The van der Waals surface area contributed by atoms with E-state index in [4.69, 9.17) is 10.9 Å². The van der Waals surface area contributed by atoms with Crippen molar-refractivity contribution < 1.29 is 14.1 Å². The third-order valence-corrected chi connectivity index (χ3v) is 5.14. The van der Waals surface area contributed by atoms with Crippen molar-refractivity contribution in [2.45, 2.75) is 18.9 Å². The predicted molar refractivity (Wildman–Crippen MR) is 111 cm³/mol. The molecule has 0 aliphatic carbocycles. The van der Waals surface area contributed by atoms with Crippen LogP contribution in [0.1, 0.15) is 27.4 Å². The van der Waals surface area contributed by atoms with Gasteiger partial charge in [-0.15, -0.1) is 12.3 Å². The Balaban J connectivity index is 1.52. The minimum atomic E-state index is -0.893. The van der Waals surface area contributed by atoms with Gasteiger partial charge in [0.05, 0.1) is 5.92 Å². The molecule has 1 aromatic carbocycles. The molecule has 0 fully saturated rings. The summed E-state index contributed by atoms with van der Waals surface area (Å²) in [6.07, 6.45) is 8.27. The number of hydrogen-bond donors (Lipinski definition) is 1. The summed E-state index contributed by atoms with van der Waals surface area (Å²) in [5.74, 6) is 2.41. The molecule has 7 heteroatoms. The smallest absolute Gasteiger partial charge is 0.274 e. The summed E-state index contributed by atoms with van der Waals surface area (Å²) in [5.41, 5.74) is 2.01. The molecule has 1 N–H and O–H groups in total. The molecule has 1 aliphatic rings. The summed E-state index contributed by atoms with van der Waals surface area (Å²) in [7, 11) is 1.63. The lowest BCUT2D eigenvalue weighted by Crippen LogP contribution is -2.50. The zero-order valence-electron chi connectivity index (χ0n) is 16.4. The average Bonchev–Trinajstić information content (AvgIpc) is 3.21. The number of rotatable bonds is 4. The number of carbonyl (C=O) groups is 2. The Labute approximate surface area is 174 Å². The van der Waals surface area contributed by atoms with E-state index in [0.29, 0.717) is 24.4 Å². The van der Waals surface area contributed by atoms with Gasteiger partial charge in [0.1, 0.15) is 17.6 Å². The van der Waals surface area contributed by atoms with E-state index < -0.39 is 17.9 Å². The van der Waals surface area contributed by atoms with Gasteiger partial charge in [0.25, 0.3) is 11.8 Å². The number of likely N-dealkylation sites (N-methyl/N-ethyl adjacent to an activating group) is 1. The molecule has 0 bridgehead atoms. The lowest BCUT2D eigenvalue weighted by Gasteiger charge is -2.23. The number of pyridine rings is 1. The Morgan fingerprint density at radius 3 is 2.87 bits per heavy atom. The number of amides is 2. The van der Waals surface area contributed by atoms with E-state index in [-0.39, 0.29) is 11.6 Å². The van der Waals surface area contributed by atoms with Crippen LogP contribution in [0.25, 0.3) is 0 Å². The van der Waals surface area contributed by atoms with E-state index in [1.54, 1.807) is 25.4 Å². The van der Waals surface area contributed by atoms with Gasteiger partial charge in [-0.1, -0.05) is 41.6 Å². The second-order valence-electron chi connectivity index (χ2n) is 7.15. The van der Waals surface area contributed by atoms with E-state index in [0.717, 1.165) is 11.1 Å². The van der Waals surface area contributed by atoms with E-state index >= 15 is 0 Å². The molecule has 4 rings (SSSR count). The number of carbonyl (C=O) groups excluding carboxylic acids is 2. The molecule has 2 aromatic heterocycles. The molecule has 3 aromatic rings. The van der Waals surface area contributed by atoms with Gasteiger partial charge in [0.15, 0.2) is 5.69 Å². The number of aromatic nitrogens is 2. The van der Waals surface area contributed by atoms with Crippen LogP contribution in [-0.4, -0.2) is 35.0 Å². The number of hydrogen-bond acceptors (Lipinski definition) is 5. The molecule has 150 valence electrons. The zero-order valence-corrected chi connectivity index (χ0v) is 16.4. The maximum absolute atomic E-state index is 13.0. The highest BCUT2D eigenvalue weighted by Crippen LogP contribution is 2.27. The summed E-state index contributed by atoms with van der Waals surface area (Å²) in [4.78, 5) is 31.5. The van der Waals surface area contributed by atoms with Crippen molar-refractivity contribution in [3.05, 3.63) is 77.3 Å². The largest absolute Gasteiger partial charge is 0.360 e. The fourth-order valence-corrected chi connectivity index (χ4v) is 3.56. The fraction of sp³-hybridized carbons (Fsp3) is 0.217. The molecule has 0 radical (unpaired) electrons. The predicted octanol–water partition coefficient (Wildman–Crippen LogP) is 2.23. The van der Waals surface area contributed by atoms with Gasteiger partial charge in [0.2, 0.25) is 0 Å². The number of benzene rings is 1. The molecule has 0 spiro atoms. The van der Waals surface area contributed by atoms with Gasteiger partial charge >= 0.3 is 0 Å². The first kappa shape index (κ1) is 19.4. The van der Waals surface area contributed by atoms with Crippen LogP contribution in [0.4, 0.5) is 5.82 Å². The lowest BCUT2D eigenvalue weighted by molar-refractivity contribution is -0.120. The van der Waals surface area contributed by atoms with Crippen molar-refractivity contribution >= 4 is 17.6 Å². The minimum absolute atomic E-state index is 0.104. The summed E-state index contributed by atoms with van der Waals surface area (Å²) in [6, 6.07) is 14.1. The second-order valence-corrected chi connectivity index (χ2v) is 7.15. The maximum atomic E-state index is 13.0. The maximum Gasteiger partial charge on any atom is 0.274 e. The van der Waals surface area contributed by atoms with Gasteiger partial charge in [-0.05, 0) is 23.6 Å². The van der Waals surface area contributed by atoms with Gasteiger partial charge in [0, 0.05) is 25.7 Å². The van der Waals surface area contributed by atoms with Crippen LogP contribution in [0.2, 0.25) is 0 Å². The molecule has 2 atom stereocenters. The normalized spacial score (nSPS) is 18.3. The lowest BCUT2D eigenvalue weighted by atomic mass is 9.94. The second kappa shape index (κ2) is 8.21. The van der Waals surface area contributed by atoms with Crippen LogP contribution >= 0.6 is 0 Å². The molecule has 2 amide bonds. The van der Waals surface area contributed by atoms with Crippen molar-refractivity contribution in [1.82, 2.24) is 15.5 Å². The van der Waals surface area contributed by atoms with Crippen LogP contribution < -0.4 is 10.2 Å². The summed E-state index contributed by atoms with van der Waals surface area (Å²) in [5, 5.41) is 6.61. The van der Waals surface area contributed by atoms with Gasteiger partial charge in [-0.25, -0.2) is 4.98 Å². The number of nitrogens with zero attached hydrogens (tertiary/aromatic N) is 3. The molecular formula is C23H20N4O3. The molecule has 0 saturated heterocycles. The monoisotopic (exact) mass is 400 g/mol. The van der Waals surface area contributed by atoms with Gasteiger partial charge in [-0.2, -0.15) is 0 Å². The first-order valence-corrected chi connectivity index (χ1v) is 9.55. The first-order chi connectivity index (χ1) is 14.6. The quantitative estimate of drug-likeness (QED) is 0.679. The fourth-order valence-electron chi connectivity index (χ4n) is 3.56. The van der Waals surface area contributed by atoms with E-state index in [1.807, 2.05) is 36.4 Å². The standard InChI is InChI=1S/C23H20N4O3/c1-3-16-13-17-10-7-11-24-21(17)27(2)23(29)20(16)25-22(28)19-14-18(30-26-19)12-15-8-5-4-6-9-15/h1,4-11,14,16,20H,12-13H2,2H3,(H,25,28)/t16-,20-/m1/s1. The molecule has 3 heterocycles. The average molecular weight is 400 g/mol. The van der Waals surface area contributed by atoms with Crippen LogP contribution in [0.15, 0.2) is 59.3 Å². The molecule has 7 nitrogen and oxygen atoms in total. The first-order valence-electron chi connectivity index (χ1n) is 9.55. The third-order valence-electron chi connectivity index (χ3n) is 5.14. The van der Waals surface area contributed by atoms with Gasteiger partial charge < -0.3 is 9.84 Å². The summed E-state index contributed by atoms with van der Waals surface area (Å²) in [6.45, 7) is 0. The number of nitrogens with one attached hydrogen (secondary N) is 1. The van der Waals surface area contributed by atoms with Crippen LogP contribution in [0.3, 0.4) is 0 Å². The van der Waals surface area contributed by atoms with Crippen molar-refractivity contribution in [2.75, 3.05) is 11.9 Å². The van der Waals surface area contributed by atoms with Crippen molar-refractivity contribution in [2.24, 2.45) is 5.92 Å². The van der Waals surface area contributed by atoms with Crippen molar-refractivity contribution in [1.29, 1.82) is 0 Å². The Bertz CT molecular complexity index is 1120. The van der Waals surface area contributed by atoms with Crippen molar-refractivity contribution in [3.8, 4) is 12.3 Å². The number of terminal acetylenes is 1. The highest BCUT2D eigenvalue weighted by molar-refractivity contribution is 6.02. The van der Waals surface area contributed by atoms with Crippen LogP contribution in [-0.2, 0) is 17.6 Å². The highest BCUT2D eigenvalue weighted by Gasteiger charge is 2.36. The molecular weight excluding hydrogens is 380 g/mol. The van der Waals surface area contributed by atoms with Crippen LogP contribution in [0, 0.1) is 18.3 Å². The SMILES string of the molecule is C#C[C@@H]1Cc2cccnc2N(C)C(=O)[C@@H]1NC(=O)c1cc(Cc2ccccc2)on1. The van der Waals surface area contributed by atoms with Gasteiger partial charge in [-0.3, -0.25) is 14.5 Å². The zero-order chi connectivity index (χ0) is 21.1. The number of anilines is 1. The van der Waals surface area contributed by atoms with E-state index in [9.17, 15) is 9.59 Å². The van der Waals surface area contributed by atoms with Crippen LogP contribution in [0.5, 0.6) is 0 Å². The summed E-state index contributed by atoms with van der Waals surface area (Å²) >= 11 is 0. The van der Waals surface area contributed by atoms with E-state index in [2.05, 4.69) is 21.4 Å². The Kier molecular flexibility index (Phi) is 5.31. The summed E-state index contributed by atoms with van der Waals surface area (Å²) < 4.78 is 5.30. The topological polar surface area (TPSA) is 88.3 Å². The Morgan fingerprint density at radius 1 is 1.30 bits per heavy atom.